The summed E-state index contributed by atoms with van der Waals surface area (Å²) in [5.74, 6) is 0.440. The summed E-state index contributed by atoms with van der Waals surface area (Å²) in [5.41, 5.74) is 1.00. The quantitative estimate of drug-likeness (QED) is 0.760. The Labute approximate surface area is 149 Å². The second-order valence-electron chi connectivity index (χ2n) is 6.97. The van der Waals surface area contributed by atoms with Crippen LogP contribution in [0.25, 0.3) is 0 Å². The van der Waals surface area contributed by atoms with Crippen molar-refractivity contribution < 1.29 is 17.9 Å². The van der Waals surface area contributed by atoms with E-state index in [4.69, 9.17) is 4.74 Å². The molecule has 1 amide bonds. The van der Waals surface area contributed by atoms with Gasteiger partial charge in [-0.3, -0.25) is 4.79 Å². The van der Waals surface area contributed by atoms with Crippen molar-refractivity contribution >= 4 is 15.9 Å². The number of carbonyl (C=O) groups excluding carboxylic acids is 1. The predicted octanol–water partition coefficient (Wildman–Crippen LogP) is 1.69. The third-order valence-electron chi connectivity index (χ3n) is 4.75. The molecule has 1 atom stereocenters. The lowest BCUT2D eigenvalue weighted by Crippen LogP contribution is -2.39. The SMILES string of the molecule is Cc1ccc(S(=O)(=O)NCCC(=O)N(C[C@@H]2CCOC2)C2CC2)cc1. The van der Waals surface area contributed by atoms with Gasteiger partial charge in [-0.15, -0.1) is 0 Å². The number of rotatable bonds is 8. The minimum absolute atomic E-state index is 0.0287. The first kappa shape index (κ1) is 18.4. The maximum Gasteiger partial charge on any atom is 0.240 e. The molecule has 6 nitrogen and oxygen atoms in total. The molecule has 25 heavy (non-hydrogen) atoms. The van der Waals surface area contributed by atoms with Crippen LogP contribution >= 0.6 is 0 Å². The van der Waals surface area contributed by atoms with E-state index < -0.39 is 10.0 Å². The molecule has 0 spiro atoms. The number of sulfonamides is 1. The van der Waals surface area contributed by atoms with E-state index in [1.54, 1.807) is 24.3 Å². The van der Waals surface area contributed by atoms with Crippen LogP contribution in [0.5, 0.6) is 0 Å². The summed E-state index contributed by atoms with van der Waals surface area (Å²) < 4.78 is 32.5. The zero-order valence-corrected chi connectivity index (χ0v) is 15.4. The number of hydrogen-bond acceptors (Lipinski definition) is 4. The Hall–Kier alpha value is -1.44. The Balaban J connectivity index is 1.51. The fraction of sp³-hybridized carbons (Fsp3) is 0.611. The van der Waals surface area contributed by atoms with Crippen molar-refractivity contribution in [3.63, 3.8) is 0 Å². The largest absolute Gasteiger partial charge is 0.381 e. The zero-order valence-electron chi connectivity index (χ0n) is 14.6. The van der Waals surface area contributed by atoms with E-state index in [1.807, 2.05) is 11.8 Å². The van der Waals surface area contributed by atoms with Crippen molar-refractivity contribution in [2.75, 3.05) is 26.3 Å². The fourth-order valence-corrected chi connectivity index (χ4v) is 4.11. The first-order valence-corrected chi connectivity index (χ1v) is 10.4. The Morgan fingerprint density at radius 2 is 1.96 bits per heavy atom. The molecule has 2 aliphatic rings. The van der Waals surface area contributed by atoms with Crippen molar-refractivity contribution in [1.82, 2.24) is 9.62 Å². The number of nitrogens with zero attached hydrogens (tertiary/aromatic N) is 1. The van der Waals surface area contributed by atoms with Crippen molar-refractivity contribution in [2.24, 2.45) is 5.92 Å². The van der Waals surface area contributed by atoms with Crippen LogP contribution in [0.2, 0.25) is 0 Å². The molecule has 0 unspecified atom stereocenters. The molecule has 1 aromatic rings. The lowest BCUT2D eigenvalue weighted by atomic mass is 10.1. The molecule has 7 heteroatoms. The van der Waals surface area contributed by atoms with Crippen LogP contribution in [0.4, 0.5) is 0 Å². The summed E-state index contributed by atoms with van der Waals surface area (Å²) in [6, 6.07) is 7.02. The number of hydrogen-bond donors (Lipinski definition) is 1. The van der Waals surface area contributed by atoms with Crippen LogP contribution in [-0.4, -0.2) is 51.6 Å². The molecular formula is C18H26N2O4S. The summed E-state index contributed by atoms with van der Waals surface area (Å²) in [4.78, 5) is 14.7. The molecule has 1 saturated carbocycles. The van der Waals surface area contributed by atoms with Crippen LogP contribution < -0.4 is 4.72 Å². The van der Waals surface area contributed by atoms with Crippen LogP contribution in [-0.2, 0) is 19.6 Å². The second kappa shape index (κ2) is 7.85. The number of amides is 1. The van der Waals surface area contributed by atoms with Crippen LogP contribution in [0.15, 0.2) is 29.2 Å². The highest BCUT2D eigenvalue weighted by Crippen LogP contribution is 2.29. The van der Waals surface area contributed by atoms with Crippen LogP contribution in [0.1, 0.15) is 31.2 Å². The Kier molecular flexibility index (Phi) is 5.76. The van der Waals surface area contributed by atoms with Gasteiger partial charge in [-0.05, 0) is 38.3 Å². The van der Waals surface area contributed by atoms with Crippen LogP contribution in [0.3, 0.4) is 0 Å². The van der Waals surface area contributed by atoms with Gasteiger partial charge >= 0.3 is 0 Å². The average molecular weight is 366 g/mol. The number of ether oxygens (including phenoxy) is 1. The highest BCUT2D eigenvalue weighted by atomic mass is 32.2. The third-order valence-corrected chi connectivity index (χ3v) is 6.23. The molecule has 1 aliphatic carbocycles. The van der Waals surface area contributed by atoms with Gasteiger partial charge in [-0.2, -0.15) is 0 Å². The molecule has 1 saturated heterocycles. The van der Waals surface area contributed by atoms with Gasteiger partial charge in [0.15, 0.2) is 0 Å². The minimum atomic E-state index is -3.57. The molecule has 0 aromatic heterocycles. The van der Waals surface area contributed by atoms with Gasteiger partial charge < -0.3 is 9.64 Å². The van der Waals surface area contributed by atoms with E-state index in [9.17, 15) is 13.2 Å². The van der Waals surface area contributed by atoms with E-state index in [0.29, 0.717) is 12.0 Å². The number of nitrogens with one attached hydrogen (secondary N) is 1. The maximum atomic E-state index is 12.5. The van der Waals surface area contributed by atoms with Gasteiger partial charge in [-0.1, -0.05) is 17.7 Å². The maximum absolute atomic E-state index is 12.5. The molecular weight excluding hydrogens is 340 g/mol. The van der Waals surface area contributed by atoms with E-state index in [-0.39, 0.29) is 23.8 Å². The predicted molar refractivity (Wildman–Crippen MR) is 94.6 cm³/mol. The molecule has 3 rings (SSSR count). The van der Waals surface area contributed by atoms with E-state index in [0.717, 1.165) is 44.6 Å². The summed E-state index contributed by atoms with van der Waals surface area (Å²) in [7, 11) is -3.57. The monoisotopic (exact) mass is 366 g/mol. The molecule has 0 radical (unpaired) electrons. The van der Waals surface area contributed by atoms with Gasteiger partial charge in [0.2, 0.25) is 15.9 Å². The van der Waals surface area contributed by atoms with Gasteiger partial charge in [0.1, 0.15) is 0 Å². The fourth-order valence-electron chi connectivity index (χ4n) is 3.08. The minimum Gasteiger partial charge on any atom is -0.381 e. The Bertz CT molecular complexity index is 692. The molecule has 138 valence electrons. The molecule has 2 fully saturated rings. The third kappa shape index (κ3) is 5.03. The van der Waals surface area contributed by atoms with E-state index in [1.165, 1.54) is 0 Å². The summed E-state index contributed by atoms with van der Waals surface area (Å²) >= 11 is 0. The second-order valence-corrected chi connectivity index (χ2v) is 8.73. The lowest BCUT2D eigenvalue weighted by molar-refractivity contribution is -0.132. The lowest BCUT2D eigenvalue weighted by Gasteiger charge is -2.25. The average Bonchev–Trinajstić information content (AvgIpc) is 3.28. The van der Waals surface area contributed by atoms with Gasteiger partial charge in [0.05, 0.1) is 11.5 Å². The molecule has 0 bridgehead atoms. The number of benzene rings is 1. The number of aryl methyl sites for hydroxylation is 1. The van der Waals surface area contributed by atoms with Gasteiger partial charge in [-0.25, -0.2) is 13.1 Å². The summed E-state index contributed by atoms with van der Waals surface area (Å²) in [6.45, 7) is 4.25. The molecule has 1 aliphatic heterocycles. The Morgan fingerprint density at radius 3 is 2.56 bits per heavy atom. The molecule has 1 N–H and O–H groups in total. The summed E-state index contributed by atoms with van der Waals surface area (Å²) in [5, 5.41) is 0. The van der Waals surface area contributed by atoms with Crippen molar-refractivity contribution in [3.8, 4) is 0 Å². The van der Waals surface area contributed by atoms with Gasteiger partial charge in [0, 0.05) is 38.1 Å². The normalized spacial score (nSPS) is 20.6. The van der Waals surface area contributed by atoms with Gasteiger partial charge in [0.25, 0.3) is 0 Å². The van der Waals surface area contributed by atoms with E-state index >= 15 is 0 Å². The highest BCUT2D eigenvalue weighted by molar-refractivity contribution is 7.89. The first-order chi connectivity index (χ1) is 12.0. The Morgan fingerprint density at radius 1 is 1.24 bits per heavy atom. The smallest absolute Gasteiger partial charge is 0.240 e. The van der Waals surface area contributed by atoms with E-state index in [2.05, 4.69) is 4.72 Å². The standard InChI is InChI=1S/C18H26N2O4S/c1-14-2-6-17(7-3-14)25(22,23)19-10-8-18(21)20(16-4-5-16)12-15-9-11-24-13-15/h2-3,6-7,15-16,19H,4-5,8-13H2,1H3/t15-/m0/s1. The summed E-state index contributed by atoms with van der Waals surface area (Å²) in [6.07, 6.45) is 3.29. The van der Waals surface area contributed by atoms with Crippen molar-refractivity contribution in [3.05, 3.63) is 29.8 Å². The molecule has 1 aromatic carbocycles. The number of carbonyl (C=O) groups is 1. The topological polar surface area (TPSA) is 75.7 Å². The first-order valence-electron chi connectivity index (χ1n) is 8.89. The molecule has 1 heterocycles. The van der Waals surface area contributed by atoms with Crippen molar-refractivity contribution in [2.45, 2.75) is 43.5 Å². The zero-order chi connectivity index (χ0) is 17.9. The van der Waals surface area contributed by atoms with Crippen molar-refractivity contribution in [1.29, 1.82) is 0 Å². The highest BCUT2D eigenvalue weighted by Gasteiger charge is 2.34. The van der Waals surface area contributed by atoms with Crippen LogP contribution in [0, 0.1) is 12.8 Å².